The summed E-state index contributed by atoms with van der Waals surface area (Å²) in [5, 5.41) is 0. The molecule has 1 rings (SSSR count). The van der Waals surface area contributed by atoms with Gasteiger partial charge in [0.2, 0.25) is 0 Å². The van der Waals surface area contributed by atoms with Gasteiger partial charge < -0.3 is 4.74 Å². The van der Waals surface area contributed by atoms with E-state index in [1.807, 2.05) is 0 Å². The summed E-state index contributed by atoms with van der Waals surface area (Å²) in [6.07, 6.45) is 1.20. The topological polar surface area (TPSA) is 9.23 Å². The summed E-state index contributed by atoms with van der Waals surface area (Å²) in [5.41, 5.74) is 2.66. The molecule has 0 aromatic heterocycles. The molecule has 102 valence electrons. The fraction of sp³-hybridized carbons (Fsp3) is 0.625. The Balaban J connectivity index is 2.96. The third-order valence-electron chi connectivity index (χ3n) is 3.66. The maximum atomic E-state index is 5.51. The van der Waals surface area contributed by atoms with Crippen LogP contribution in [-0.2, 0) is 15.8 Å². The summed E-state index contributed by atoms with van der Waals surface area (Å²) in [5.74, 6) is 0. The number of hydrogen-bond acceptors (Lipinski definition) is 1. The van der Waals surface area contributed by atoms with Crippen LogP contribution in [0.1, 0.15) is 52.2 Å². The molecule has 0 aliphatic heterocycles. The lowest BCUT2D eigenvalue weighted by Gasteiger charge is -2.29. The predicted octanol–water partition coefficient (Wildman–Crippen LogP) is 5.06. The van der Waals surface area contributed by atoms with Gasteiger partial charge in [0.1, 0.15) is 0 Å². The average molecular weight is 360 g/mol. The first-order valence-electron chi connectivity index (χ1n) is 6.49. The zero-order chi connectivity index (χ0) is 14.0. The molecule has 1 aromatic rings. The maximum Gasteiger partial charge on any atom is 0.0871 e. The number of alkyl halides is 1. The highest BCUT2D eigenvalue weighted by molar-refractivity contribution is 14.1. The number of methoxy groups -OCH3 is 1. The van der Waals surface area contributed by atoms with Gasteiger partial charge in [0.25, 0.3) is 0 Å². The van der Waals surface area contributed by atoms with Crippen molar-refractivity contribution in [3.05, 3.63) is 35.4 Å². The van der Waals surface area contributed by atoms with Gasteiger partial charge in [0.15, 0.2) is 0 Å². The Hall–Kier alpha value is -0.0900. The van der Waals surface area contributed by atoms with E-state index in [1.54, 1.807) is 7.11 Å². The lowest BCUT2D eigenvalue weighted by molar-refractivity contribution is 0.0192. The largest absolute Gasteiger partial charge is 0.374 e. The van der Waals surface area contributed by atoms with E-state index in [1.165, 1.54) is 17.5 Å². The second-order valence-corrected chi connectivity index (χ2v) is 8.29. The Kier molecular flexibility index (Phi) is 5.24. The second kappa shape index (κ2) is 5.91. The minimum absolute atomic E-state index is 0.209. The van der Waals surface area contributed by atoms with Crippen LogP contribution in [-0.4, -0.2) is 11.0 Å². The molecule has 0 bridgehead atoms. The summed E-state index contributed by atoms with van der Waals surface area (Å²) in [4.78, 5) is 0. The van der Waals surface area contributed by atoms with Crippen LogP contribution in [0.5, 0.6) is 0 Å². The van der Waals surface area contributed by atoms with Gasteiger partial charge in [0, 0.05) is 11.0 Å². The monoisotopic (exact) mass is 360 g/mol. The summed E-state index contributed by atoms with van der Waals surface area (Å²) in [7, 11) is 1.76. The Morgan fingerprint density at radius 1 is 1.06 bits per heavy atom. The van der Waals surface area contributed by atoms with E-state index < -0.39 is 0 Å². The van der Waals surface area contributed by atoms with Gasteiger partial charge in [-0.15, -0.1) is 0 Å². The number of hydrogen-bond donors (Lipinski definition) is 0. The highest BCUT2D eigenvalue weighted by Crippen LogP contribution is 2.32. The van der Waals surface area contributed by atoms with Gasteiger partial charge in [0.05, 0.1) is 5.60 Å². The van der Waals surface area contributed by atoms with Crippen molar-refractivity contribution in [1.29, 1.82) is 0 Å². The van der Waals surface area contributed by atoms with E-state index in [-0.39, 0.29) is 11.0 Å². The average Bonchev–Trinajstić information content (AvgIpc) is 2.27. The van der Waals surface area contributed by atoms with Crippen LogP contribution >= 0.6 is 22.6 Å². The normalized spacial score (nSPS) is 14.6. The van der Waals surface area contributed by atoms with Gasteiger partial charge in [-0.1, -0.05) is 67.6 Å². The molecule has 1 aromatic carbocycles. The Morgan fingerprint density at radius 3 is 1.89 bits per heavy atom. The zero-order valence-corrected chi connectivity index (χ0v) is 14.5. The molecule has 1 atom stereocenters. The van der Waals surface area contributed by atoms with E-state index in [0.717, 1.165) is 0 Å². The molecule has 0 radical (unpaired) electrons. The number of halogens is 1. The summed E-state index contributed by atoms with van der Waals surface area (Å²) in [6, 6.07) is 8.88. The molecule has 0 aliphatic rings. The summed E-state index contributed by atoms with van der Waals surface area (Å²) in [6.45, 7) is 11.1. The third-order valence-corrected chi connectivity index (χ3v) is 4.10. The molecule has 0 saturated carbocycles. The van der Waals surface area contributed by atoms with Crippen molar-refractivity contribution in [2.45, 2.75) is 56.0 Å². The first kappa shape index (κ1) is 16.0. The number of ether oxygens (including phenoxy) is 1. The fourth-order valence-corrected chi connectivity index (χ4v) is 3.36. The lowest BCUT2D eigenvalue weighted by atomic mass is 9.80. The Bertz CT molecular complexity index is 377. The van der Waals surface area contributed by atoms with E-state index in [2.05, 4.69) is 81.5 Å². The molecule has 0 saturated heterocycles. The quantitative estimate of drug-likeness (QED) is 0.527. The van der Waals surface area contributed by atoms with Gasteiger partial charge in [-0.3, -0.25) is 0 Å². The second-order valence-electron chi connectivity index (χ2n) is 6.16. The summed E-state index contributed by atoms with van der Waals surface area (Å²) < 4.78 is 6.20. The SMILES string of the molecule is COC(C)(C)c1ccc(C(C)(C)CC(C)I)cc1. The Labute approximate surface area is 125 Å². The molecule has 0 aliphatic carbocycles. The van der Waals surface area contributed by atoms with Gasteiger partial charge >= 0.3 is 0 Å². The van der Waals surface area contributed by atoms with E-state index in [0.29, 0.717) is 3.92 Å². The smallest absolute Gasteiger partial charge is 0.0871 e. The van der Waals surface area contributed by atoms with E-state index in [9.17, 15) is 0 Å². The van der Waals surface area contributed by atoms with Gasteiger partial charge in [-0.25, -0.2) is 0 Å². The zero-order valence-electron chi connectivity index (χ0n) is 12.4. The molecule has 1 nitrogen and oxygen atoms in total. The molecule has 0 N–H and O–H groups in total. The standard InChI is InChI=1S/C16H25IO/c1-12(17)11-15(2,3)13-7-9-14(10-8-13)16(4,5)18-6/h7-10,12H,11H2,1-6H3. The molecule has 18 heavy (non-hydrogen) atoms. The maximum absolute atomic E-state index is 5.51. The van der Waals surface area contributed by atoms with Crippen molar-refractivity contribution in [2.24, 2.45) is 0 Å². The van der Waals surface area contributed by atoms with E-state index in [4.69, 9.17) is 4.74 Å². The van der Waals surface area contributed by atoms with Crippen molar-refractivity contribution in [1.82, 2.24) is 0 Å². The first-order valence-corrected chi connectivity index (χ1v) is 7.74. The minimum Gasteiger partial charge on any atom is -0.374 e. The van der Waals surface area contributed by atoms with Crippen LogP contribution in [0.25, 0.3) is 0 Å². The molecule has 0 heterocycles. The molecule has 1 unspecified atom stereocenters. The summed E-state index contributed by atoms with van der Waals surface area (Å²) >= 11 is 2.50. The van der Waals surface area contributed by atoms with Crippen LogP contribution in [0.3, 0.4) is 0 Å². The van der Waals surface area contributed by atoms with E-state index >= 15 is 0 Å². The highest BCUT2D eigenvalue weighted by atomic mass is 127. The molecule has 0 spiro atoms. The lowest BCUT2D eigenvalue weighted by Crippen LogP contribution is -2.22. The van der Waals surface area contributed by atoms with Crippen LogP contribution in [0.15, 0.2) is 24.3 Å². The van der Waals surface area contributed by atoms with Crippen LogP contribution in [0.2, 0.25) is 0 Å². The Morgan fingerprint density at radius 2 is 1.50 bits per heavy atom. The fourth-order valence-electron chi connectivity index (χ4n) is 2.26. The van der Waals surface area contributed by atoms with Gasteiger partial charge in [-0.05, 0) is 36.8 Å². The minimum atomic E-state index is -0.209. The third kappa shape index (κ3) is 3.95. The van der Waals surface area contributed by atoms with Crippen molar-refractivity contribution in [2.75, 3.05) is 7.11 Å². The predicted molar refractivity (Wildman–Crippen MR) is 87.6 cm³/mol. The molecular formula is C16H25IO. The van der Waals surface area contributed by atoms with Gasteiger partial charge in [-0.2, -0.15) is 0 Å². The van der Waals surface area contributed by atoms with Crippen LogP contribution in [0.4, 0.5) is 0 Å². The first-order chi connectivity index (χ1) is 8.19. The molecular weight excluding hydrogens is 335 g/mol. The van der Waals surface area contributed by atoms with Crippen LogP contribution < -0.4 is 0 Å². The number of benzene rings is 1. The number of rotatable bonds is 5. The van der Waals surface area contributed by atoms with Crippen molar-refractivity contribution >= 4 is 22.6 Å². The molecule has 2 heteroatoms. The van der Waals surface area contributed by atoms with Crippen molar-refractivity contribution in [3.8, 4) is 0 Å². The van der Waals surface area contributed by atoms with Crippen molar-refractivity contribution in [3.63, 3.8) is 0 Å². The van der Waals surface area contributed by atoms with Crippen molar-refractivity contribution < 1.29 is 4.74 Å². The molecule has 0 fully saturated rings. The highest BCUT2D eigenvalue weighted by Gasteiger charge is 2.24. The van der Waals surface area contributed by atoms with Crippen LogP contribution in [0, 0.1) is 0 Å². The molecule has 0 amide bonds.